The fourth-order valence-electron chi connectivity index (χ4n) is 5.25. The Morgan fingerprint density at radius 3 is 2.58 bits per heavy atom. The standard InChI is InChI=1S/C35H40BrN5O3S/c1-7-9-17-45-35-39-34-37-24(6)30(33(42)38-28-16-12-14-21(3)23(28)5)31(41(34)40-35)26-18-27(36)32(29(19-26)43-8-2)44-20-25-15-11-10-13-22(25)4/h10-16,18-19,31H,7-9,17,20H2,1-6H3,(H,38,42)(H,37,39,40). The van der Waals surface area contributed by atoms with E-state index < -0.39 is 6.04 Å². The number of thioether (sulfide) groups is 1. The van der Waals surface area contributed by atoms with Crippen molar-refractivity contribution in [1.29, 1.82) is 0 Å². The van der Waals surface area contributed by atoms with Crippen LogP contribution in [0.15, 0.2) is 75.5 Å². The van der Waals surface area contributed by atoms with Gasteiger partial charge >= 0.3 is 0 Å². The second-order valence-electron chi connectivity index (χ2n) is 11.1. The Hall–Kier alpha value is -3.76. The van der Waals surface area contributed by atoms with Crippen molar-refractivity contribution in [2.24, 2.45) is 0 Å². The molecule has 0 saturated heterocycles. The number of carbonyl (C=O) groups excluding carboxylic acids is 1. The summed E-state index contributed by atoms with van der Waals surface area (Å²) in [6.07, 6.45) is 2.16. The monoisotopic (exact) mass is 689 g/mol. The van der Waals surface area contributed by atoms with E-state index in [-0.39, 0.29) is 5.91 Å². The maximum atomic E-state index is 14.2. The fourth-order valence-corrected chi connectivity index (χ4v) is 6.74. The lowest BCUT2D eigenvalue weighted by Gasteiger charge is -2.29. The van der Waals surface area contributed by atoms with Crippen LogP contribution in [0, 0.1) is 20.8 Å². The maximum Gasteiger partial charge on any atom is 0.255 e. The summed E-state index contributed by atoms with van der Waals surface area (Å²) in [6.45, 7) is 13.0. The number of rotatable bonds is 12. The first-order valence-corrected chi connectivity index (χ1v) is 17.1. The van der Waals surface area contributed by atoms with Gasteiger partial charge in [-0.3, -0.25) is 4.79 Å². The zero-order chi connectivity index (χ0) is 32.1. The first-order chi connectivity index (χ1) is 21.7. The van der Waals surface area contributed by atoms with E-state index in [1.807, 2.05) is 74.8 Å². The van der Waals surface area contributed by atoms with Gasteiger partial charge < -0.3 is 20.1 Å². The number of anilines is 2. The molecule has 0 radical (unpaired) electrons. The minimum atomic E-state index is -0.569. The molecule has 0 saturated carbocycles. The van der Waals surface area contributed by atoms with E-state index in [2.05, 4.69) is 52.5 Å². The van der Waals surface area contributed by atoms with E-state index in [9.17, 15) is 4.79 Å². The summed E-state index contributed by atoms with van der Waals surface area (Å²) in [5.74, 6) is 2.49. The highest BCUT2D eigenvalue weighted by molar-refractivity contribution is 9.10. The number of nitrogens with zero attached hydrogens (tertiary/aromatic N) is 3. The van der Waals surface area contributed by atoms with Crippen LogP contribution in [0.25, 0.3) is 0 Å². The topological polar surface area (TPSA) is 90.3 Å². The minimum Gasteiger partial charge on any atom is -0.490 e. The smallest absolute Gasteiger partial charge is 0.255 e. The Morgan fingerprint density at radius 1 is 1.04 bits per heavy atom. The Bertz CT molecular complexity index is 1730. The molecule has 0 aliphatic carbocycles. The van der Waals surface area contributed by atoms with E-state index in [1.54, 1.807) is 11.8 Å². The van der Waals surface area contributed by atoms with Crippen molar-refractivity contribution < 1.29 is 14.3 Å². The molecule has 3 aromatic carbocycles. The summed E-state index contributed by atoms with van der Waals surface area (Å²) in [7, 11) is 0. The van der Waals surface area contributed by atoms with Crippen LogP contribution in [0.2, 0.25) is 0 Å². The highest BCUT2D eigenvalue weighted by Crippen LogP contribution is 2.44. The molecule has 0 bridgehead atoms. The Balaban J connectivity index is 1.57. The predicted molar refractivity (Wildman–Crippen MR) is 185 cm³/mol. The molecule has 2 heterocycles. The van der Waals surface area contributed by atoms with Crippen molar-refractivity contribution in [2.45, 2.75) is 72.2 Å². The molecule has 10 heteroatoms. The van der Waals surface area contributed by atoms with Gasteiger partial charge in [-0.05, 0) is 103 Å². The second kappa shape index (κ2) is 14.6. The second-order valence-corrected chi connectivity index (χ2v) is 13.0. The van der Waals surface area contributed by atoms with Crippen LogP contribution in [-0.2, 0) is 11.4 Å². The molecule has 236 valence electrons. The molecule has 0 spiro atoms. The molecule has 1 aliphatic rings. The van der Waals surface area contributed by atoms with Gasteiger partial charge in [0.05, 0.1) is 16.7 Å². The molecule has 45 heavy (non-hydrogen) atoms. The highest BCUT2D eigenvalue weighted by atomic mass is 79.9. The molecule has 5 rings (SSSR count). The molecule has 1 atom stereocenters. The average molecular weight is 691 g/mol. The first kappa shape index (κ1) is 32.6. The first-order valence-electron chi connectivity index (χ1n) is 15.3. The Kier molecular flexibility index (Phi) is 10.6. The summed E-state index contributed by atoms with van der Waals surface area (Å²) in [6, 6.07) is 17.4. The summed E-state index contributed by atoms with van der Waals surface area (Å²) in [4.78, 5) is 19.0. The van der Waals surface area contributed by atoms with Crippen molar-refractivity contribution in [2.75, 3.05) is 23.0 Å². The van der Waals surface area contributed by atoms with Crippen molar-refractivity contribution in [3.63, 3.8) is 0 Å². The maximum absolute atomic E-state index is 14.2. The van der Waals surface area contributed by atoms with Gasteiger partial charge in [0.2, 0.25) is 11.1 Å². The molecule has 1 unspecified atom stereocenters. The van der Waals surface area contributed by atoms with Gasteiger partial charge in [-0.25, -0.2) is 4.68 Å². The lowest BCUT2D eigenvalue weighted by molar-refractivity contribution is -0.113. The van der Waals surface area contributed by atoms with Gasteiger partial charge in [-0.15, -0.1) is 5.10 Å². The van der Waals surface area contributed by atoms with Crippen LogP contribution in [0.1, 0.15) is 67.5 Å². The van der Waals surface area contributed by atoms with Crippen molar-refractivity contribution in [3.8, 4) is 11.5 Å². The Morgan fingerprint density at radius 2 is 1.82 bits per heavy atom. The van der Waals surface area contributed by atoms with Crippen molar-refractivity contribution in [3.05, 3.63) is 98.2 Å². The quantitative estimate of drug-likeness (QED) is 0.114. The fraction of sp³-hybridized carbons (Fsp3) is 0.343. The van der Waals surface area contributed by atoms with E-state index in [0.29, 0.717) is 47.1 Å². The SMILES string of the molecule is CCCCSc1nc2n(n1)C(c1cc(Br)c(OCc3ccccc3C)c(OCC)c1)C(C(=O)Nc1cccc(C)c1C)=C(C)N2. The number of amides is 1. The highest BCUT2D eigenvalue weighted by Gasteiger charge is 2.35. The number of carbonyl (C=O) groups is 1. The molecule has 4 aromatic rings. The number of hydrogen-bond acceptors (Lipinski definition) is 7. The lowest BCUT2D eigenvalue weighted by Crippen LogP contribution is -2.31. The molecule has 0 fully saturated rings. The number of allylic oxidation sites excluding steroid dienone is 1. The summed E-state index contributed by atoms with van der Waals surface area (Å²) in [5.41, 5.74) is 7.23. The number of benzene rings is 3. The molecular formula is C35H40BrN5O3S. The van der Waals surface area contributed by atoms with E-state index in [0.717, 1.165) is 56.6 Å². The predicted octanol–water partition coefficient (Wildman–Crippen LogP) is 8.76. The van der Waals surface area contributed by atoms with E-state index in [1.165, 1.54) is 0 Å². The summed E-state index contributed by atoms with van der Waals surface area (Å²) in [5, 5.41) is 12.1. The number of ether oxygens (including phenoxy) is 2. The molecule has 8 nitrogen and oxygen atoms in total. The molecule has 1 aliphatic heterocycles. The Labute approximate surface area is 278 Å². The number of aromatic nitrogens is 3. The number of halogens is 1. The van der Waals surface area contributed by atoms with Gasteiger partial charge in [0.15, 0.2) is 11.5 Å². The largest absolute Gasteiger partial charge is 0.490 e. The molecule has 1 aromatic heterocycles. The van der Waals surface area contributed by atoms with Crippen LogP contribution in [0.5, 0.6) is 11.5 Å². The molecule has 1 amide bonds. The third-order valence-corrected chi connectivity index (χ3v) is 9.45. The molecule has 2 N–H and O–H groups in total. The number of nitrogens with one attached hydrogen (secondary N) is 2. The summed E-state index contributed by atoms with van der Waals surface area (Å²) >= 11 is 5.39. The zero-order valence-electron chi connectivity index (χ0n) is 26.7. The lowest BCUT2D eigenvalue weighted by atomic mass is 9.94. The van der Waals surface area contributed by atoms with Crippen LogP contribution < -0.4 is 20.1 Å². The normalized spacial score (nSPS) is 14.2. The van der Waals surface area contributed by atoms with E-state index >= 15 is 0 Å². The number of aryl methyl sites for hydroxylation is 2. The summed E-state index contributed by atoms with van der Waals surface area (Å²) < 4.78 is 15.0. The van der Waals surface area contributed by atoms with Gasteiger partial charge in [0, 0.05) is 17.1 Å². The van der Waals surface area contributed by atoms with Crippen molar-refractivity contribution >= 4 is 45.2 Å². The van der Waals surface area contributed by atoms with Gasteiger partial charge in [-0.1, -0.05) is 61.5 Å². The third-order valence-electron chi connectivity index (χ3n) is 7.94. The number of unbranched alkanes of at least 4 members (excludes halogenated alkanes) is 1. The minimum absolute atomic E-state index is 0.214. The van der Waals surface area contributed by atoms with Crippen LogP contribution in [0.3, 0.4) is 0 Å². The third kappa shape index (κ3) is 7.23. The number of fused-ring (bicyclic) bond motifs is 1. The van der Waals surface area contributed by atoms with Gasteiger partial charge in [0.1, 0.15) is 12.6 Å². The van der Waals surface area contributed by atoms with Crippen LogP contribution in [0.4, 0.5) is 11.6 Å². The van der Waals surface area contributed by atoms with E-state index in [4.69, 9.17) is 19.6 Å². The zero-order valence-corrected chi connectivity index (χ0v) is 29.1. The van der Waals surface area contributed by atoms with Gasteiger partial charge in [-0.2, -0.15) is 4.98 Å². The van der Waals surface area contributed by atoms with Gasteiger partial charge in [0.25, 0.3) is 5.91 Å². The van der Waals surface area contributed by atoms with Crippen molar-refractivity contribution in [1.82, 2.24) is 14.8 Å². The van der Waals surface area contributed by atoms with Crippen LogP contribution in [-0.4, -0.2) is 33.0 Å². The average Bonchev–Trinajstić information content (AvgIpc) is 3.41. The van der Waals surface area contributed by atoms with Crippen LogP contribution >= 0.6 is 27.7 Å². The number of hydrogen-bond donors (Lipinski definition) is 2. The molecular weight excluding hydrogens is 650 g/mol.